The first-order valence-corrected chi connectivity index (χ1v) is 8.42. The van der Waals surface area contributed by atoms with Crippen LogP contribution in [0.3, 0.4) is 0 Å². The lowest BCUT2D eigenvalue weighted by atomic mass is 10.1. The lowest BCUT2D eigenvalue weighted by Gasteiger charge is -2.27. The van der Waals surface area contributed by atoms with Gasteiger partial charge < -0.3 is 10.2 Å². The van der Waals surface area contributed by atoms with E-state index < -0.39 is 0 Å². The van der Waals surface area contributed by atoms with Crippen LogP contribution in [0.5, 0.6) is 0 Å². The van der Waals surface area contributed by atoms with E-state index in [4.69, 9.17) is 0 Å². The van der Waals surface area contributed by atoms with E-state index in [0.29, 0.717) is 12.0 Å². The quantitative estimate of drug-likeness (QED) is 0.789. The van der Waals surface area contributed by atoms with E-state index in [1.807, 2.05) is 29.2 Å². The van der Waals surface area contributed by atoms with Gasteiger partial charge in [0.05, 0.1) is 0 Å². The first-order valence-electron chi connectivity index (χ1n) is 7.34. The number of benzene rings is 1. The van der Waals surface area contributed by atoms with Crippen molar-refractivity contribution in [3.63, 3.8) is 0 Å². The molecular weight excluding hydrogens is 363 g/mol. The second-order valence-electron chi connectivity index (χ2n) is 5.90. The minimum atomic E-state index is 0.156. The minimum absolute atomic E-state index is 0.156. The fourth-order valence-corrected chi connectivity index (χ4v) is 2.99. The molecule has 110 valence electrons. The third-order valence-electron chi connectivity index (χ3n) is 3.57. The fraction of sp³-hybridized carbons (Fsp3) is 0.562. The number of hydrogen-bond donors (Lipinski definition) is 1. The standard InChI is InChI=1S/C16H23IN2O/c1-12(2)10-19(11-15-4-3-9-18-15)16(20)13-5-7-14(17)8-6-13/h5-8,12,15,18H,3-4,9-11H2,1-2H3. The van der Waals surface area contributed by atoms with Gasteiger partial charge in [-0.1, -0.05) is 13.8 Å². The zero-order chi connectivity index (χ0) is 14.5. The Bertz CT molecular complexity index is 438. The van der Waals surface area contributed by atoms with Crippen LogP contribution in [0, 0.1) is 9.49 Å². The van der Waals surface area contributed by atoms with Gasteiger partial charge >= 0.3 is 0 Å². The third kappa shape index (κ3) is 4.45. The summed E-state index contributed by atoms with van der Waals surface area (Å²) in [6.45, 7) is 7.05. The van der Waals surface area contributed by atoms with Gasteiger partial charge in [0.15, 0.2) is 0 Å². The molecule has 20 heavy (non-hydrogen) atoms. The van der Waals surface area contributed by atoms with E-state index in [9.17, 15) is 4.79 Å². The molecule has 1 aliphatic rings. The zero-order valence-corrected chi connectivity index (χ0v) is 14.4. The van der Waals surface area contributed by atoms with E-state index in [0.717, 1.165) is 28.8 Å². The summed E-state index contributed by atoms with van der Waals surface area (Å²) in [5.41, 5.74) is 0.795. The second-order valence-corrected chi connectivity index (χ2v) is 7.15. The average molecular weight is 386 g/mol. The molecule has 1 N–H and O–H groups in total. The van der Waals surface area contributed by atoms with E-state index in [-0.39, 0.29) is 5.91 Å². The second kappa shape index (κ2) is 7.41. The van der Waals surface area contributed by atoms with Gasteiger partial charge in [-0.2, -0.15) is 0 Å². The molecule has 3 nitrogen and oxygen atoms in total. The van der Waals surface area contributed by atoms with Gasteiger partial charge in [-0.15, -0.1) is 0 Å². The lowest BCUT2D eigenvalue weighted by Crippen LogP contribution is -2.42. The third-order valence-corrected chi connectivity index (χ3v) is 4.29. The van der Waals surface area contributed by atoms with Crippen molar-refractivity contribution in [2.75, 3.05) is 19.6 Å². The Labute approximate surface area is 135 Å². The molecule has 1 unspecified atom stereocenters. The summed E-state index contributed by atoms with van der Waals surface area (Å²) in [4.78, 5) is 14.7. The van der Waals surface area contributed by atoms with Crippen LogP contribution in [0.25, 0.3) is 0 Å². The Hall–Kier alpha value is -0.620. The molecular formula is C16H23IN2O. The molecule has 1 atom stereocenters. The van der Waals surface area contributed by atoms with Crippen molar-refractivity contribution in [1.29, 1.82) is 0 Å². The Morgan fingerprint density at radius 2 is 2.10 bits per heavy atom. The smallest absolute Gasteiger partial charge is 0.253 e. The molecule has 0 spiro atoms. The molecule has 1 aromatic rings. The van der Waals surface area contributed by atoms with Crippen molar-refractivity contribution in [3.05, 3.63) is 33.4 Å². The van der Waals surface area contributed by atoms with Crippen molar-refractivity contribution < 1.29 is 4.79 Å². The number of carbonyl (C=O) groups is 1. The first-order chi connectivity index (χ1) is 9.56. The van der Waals surface area contributed by atoms with Crippen molar-refractivity contribution in [2.45, 2.75) is 32.7 Å². The largest absolute Gasteiger partial charge is 0.337 e. The van der Waals surface area contributed by atoms with Crippen LogP contribution in [0.2, 0.25) is 0 Å². The molecule has 1 heterocycles. The van der Waals surface area contributed by atoms with Crippen molar-refractivity contribution >= 4 is 28.5 Å². The molecule has 0 aliphatic carbocycles. The molecule has 0 radical (unpaired) electrons. The average Bonchev–Trinajstić information content (AvgIpc) is 2.90. The topological polar surface area (TPSA) is 32.3 Å². The van der Waals surface area contributed by atoms with Crippen LogP contribution < -0.4 is 5.32 Å². The van der Waals surface area contributed by atoms with Gasteiger partial charge in [0, 0.05) is 28.3 Å². The van der Waals surface area contributed by atoms with Gasteiger partial charge in [0.25, 0.3) is 5.91 Å². The molecule has 2 rings (SSSR count). The summed E-state index contributed by atoms with van der Waals surface area (Å²) in [6, 6.07) is 8.31. The number of hydrogen-bond acceptors (Lipinski definition) is 2. The molecule has 1 saturated heterocycles. The van der Waals surface area contributed by atoms with Gasteiger partial charge in [-0.25, -0.2) is 0 Å². The van der Waals surface area contributed by atoms with Crippen LogP contribution in [0.4, 0.5) is 0 Å². The Balaban J connectivity index is 2.07. The van der Waals surface area contributed by atoms with Crippen LogP contribution in [-0.4, -0.2) is 36.5 Å². The van der Waals surface area contributed by atoms with Crippen LogP contribution in [0.15, 0.2) is 24.3 Å². The van der Waals surface area contributed by atoms with Gasteiger partial charge in [0.1, 0.15) is 0 Å². The molecule has 1 fully saturated rings. The summed E-state index contributed by atoms with van der Waals surface area (Å²) in [7, 11) is 0. The van der Waals surface area contributed by atoms with Gasteiger partial charge in [-0.05, 0) is 72.2 Å². The highest BCUT2D eigenvalue weighted by Crippen LogP contribution is 2.14. The molecule has 1 aromatic carbocycles. The van der Waals surface area contributed by atoms with Gasteiger partial charge in [-0.3, -0.25) is 4.79 Å². The van der Waals surface area contributed by atoms with Crippen LogP contribution in [0.1, 0.15) is 37.0 Å². The van der Waals surface area contributed by atoms with Crippen molar-refractivity contribution in [3.8, 4) is 0 Å². The number of nitrogens with zero attached hydrogens (tertiary/aromatic N) is 1. The van der Waals surface area contributed by atoms with E-state index in [1.54, 1.807) is 0 Å². The molecule has 0 bridgehead atoms. The van der Waals surface area contributed by atoms with Crippen molar-refractivity contribution in [1.82, 2.24) is 10.2 Å². The predicted octanol–water partition coefficient (Wildman–Crippen LogP) is 3.14. The maximum atomic E-state index is 12.7. The van der Waals surface area contributed by atoms with E-state index in [1.165, 1.54) is 12.8 Å². The number of rotatable bonds is 5. The van der Waals surface area contributed by atoms with E-state index in [2.05, 4.69) is 41.8 Å². The number of amides is 1. The summed E-state index contributed by atoms with van der Waals surface area (Å²) in [6.07, 6.45) is 2.40. The maximum absolute atomic E-state index is 12.7. The molecule has 1 amide bonds. The van der Waals surface area contributed by atoms with Crippen molar-refractivity contribution in [2.24, 2.45) is 5.92 Å². The molecule has 4 heteroatoms. The minimum Gasteiger partial charge on any atom is -0.337 e. The Morgan fingerprint density at radius 1 is 1.40 bits per heavy atom. The number of nitrogens with one attached hydrogen (secondary N) is 1. The van der Waals surface area contributed by atoms with E-state index >= 15 is 0 Å². The summed E-state index contributed by atoms with van der Waals surface area (Å²) >= 11 is 2.26. The zero-order valence-electron chi connectivity index (χ0n) is 12.2. The number of halogens is 1. The SMILES string of the molecule is CC(C)CN(CC1CCCN1)C(=O)c1ccc(I)cc1. The lowest BCUT2D eigenvalue weighted by molar-refractivity contribution is 0.0721. The maximum Gasteiger partial charge on any atom is 0.253 e. The first kappa shape index (κ1) is 15.8. The number of carbonyl (C=O) groups excluding carboxylic acids is 1. The Kier molecular flexibility index (Phi) is 5.84. The molecule has 0 saturated carbocycles. The normalized spacial score (nSPS) is 18.5. The highest BCUT2D eigenvalue weighted by Gasteiger charge is 2.22. The summed E-state index contributed by atoms with van der Waals surface area (Å²) < 4.78 is 1.16. The fourth-order valence-electron chi connectivity index (χ4n) is 2.63. The van der Waals surface area contributed by atoms with Crippen LogP contribution in [-0.2, 0) is 0 Å². The highest BCUT2D eigenvalue weighted by molar-refractivity contribution is 14.1. The van der Waals surface area contributed by atoms with Gasteiger partial charge in [0.2, 0.25) is 0 Å². The summed E-state index contributed by atoms with van der Waals surface area (Å²) in [5, 5.41) is 3.48. The summed E-state index contributed by atoms with van der Waals surface area (Å²) in [5.74, 6) is 0.646. The highest BCUT2D eigenvalue weighted by atomic mass is 127. The predicted molar refractivity (Wildman–Crippen MR) is 90.9 cm³/mol. The monoisotopic (exact) mass is 386 g/mol. The molecule has 1 aliphatic heterocycles. The molecule has 0 aromatic heterocycles. The Morgan fingerprint density at radius 3 is 2.65 bits per heavy atom. The van der Waals surface area contributed by atoms with Crippen LogP contribution >= 0.6 is 22.6 Å².